The maximum atomic E-state index is 10.5. The van der Waals surface area contributed by atoms with E-state index in [1.54, 1.807) is 18.2 Å². The lowest BCUT2D eigenvalue weighted by molar-refractivity contribution is 0.591. The lowest BCUT2D eigenvalue weighted by Crippen LogP contribution is -2.10. The summed E-state index contributed by atoms with van der Waals surface area (Å²) in [4.78, 5) is 0. The number of hydrogen-bond acceptors (Lipinski definition) is 0. The van der Waals surface area contributed by atoms with Gasteiger partial charge in [0.05, 0.1) is 70.7 Å². The van der Waals surface area contributed by atoms with Crippen LogP contribution in [0.15, 0.2) is 145 Å². The third-order valence-electron chi connectivity index (χ3n) is 11.1. The Hall–Kier alpha value is -6.06. The summed E-state index contributed by atoms with van der Waals surface area (Å²) in [5.74, 6) is 0. The van der Waals surface area contributed by atoms with E-state index in [4.69, 9.17) is 8.22 Å². The first-order valence-electron chi connectivity index (χ1n) is 26.7. The van der Waals surface area contributed by atoms with Crippen molar-refractivity contribution in [3.8, 4) is 17.1 Å². The van der Waals surface area contributed by atoms with E-state index in [1.807, 2.05) is 80.5 Å². The van der Waals surface area contributed by atoms with Crippen LogP contribution in [0.3, 0.4) is 0 Å². The molecule has 3 aromatic heterocycles. The van der Waals surface area contributed by atoms with Crippen molar-refractivity contribution in [2.24, 2.45) is 0 Å². The van der Waals surface area contributed by atoms with Gasteiger partial charge in [0.15, 0.2) is 0 Å². The van der Waals surface area contributed by atoms with Gasteiger partial charge in [-0.25, -0.2) is 0 Å². The summed E-state index contributed by atoms with van der Waals surface area (Å²) in [7, 11) is 0. The fourth-order valence-corrected chi connectivity index (χ4v) is 7.87. The third kappa shape index (κ3) is 5.54. The first-order valence-corrected chi connectivity index (χ1v) is 19.2. The van der Waals surface area contributed by atoms with Gasteiger partial charge in [-0.3, -0.25) is 0 Å². The highest BCUT2D eigenvalue weighted by molar-refractivity contribution is 6.12. The average Bonchev–Trinajstić information content (AvgIpc) is 3.89. The Morgan fingerprint density at radius 3 is 0.860 bits per heavy atom. The summed E-state index contributed by atoms with van der Waals surface area (Å²) in [5.41, 5.74) is 0.117. The van der Waals surface area contributed by atoms with Gasteiger partial charge in [0, 0.05) is 32.3 Å². The number of hydrogen-bond donors (Lipinski definition) is 0. The van der Waals surface area contributed by atoms with Crippen LogP contribution in [0.5, 0.6) is 0 Å². The molecule has 0 spiro atoms. The van der Waals surface area contributed by atoms with Gasteiger partial charge in [-0.1, -0.05) is 135 Å². The molecule has 0 amide bonds. The molecule has 3 heteroatoms. The van der Waals surface area contributed by atoms with Crippen molar-refractivity contribution in [1.82, 2.24) is 13.7 Å². The predicted molar refractivity (Wildman–Crippen MR) is 246 cm³/mol. The minimum absolute atomic E-state index is 0.0134. The fourth-order valence-electron chi connectivity index (χ4n) is 7.87. The zero-order valence-corrected chi connectivity index (χ0v) is 33.5. The molecule has 10 aromatic rings. The van der Waals surface area contributed by atoms with Crippen molar-refractivity contribution >= 4 is 65.4 Å². The molecule has 0 unspecified atom stereocenters. The van der Waals surface area contributed by atoms with Crippen LogP contribution in [-0.2, 0) is 16.2 Å². The molecule has 0 aliphatic heterocycles. The van der Waals surface area contributed by atoms with Crippen LogP contribution in [0, 0.1) is 0 Å². The van der Waals surface area contributed by atoms with E-state index >= 15 is 0 Å². The van der Waals surface area contributed by atoms with Gasteiger partial charge in [0.2, 0.25) is 0 Å². The zero-order chi connectivity index (χ0) is 52.6. The molecule has 282 valence electrons. The fraction of sp³-hybridized carbons (Fsp3) is 0.222. The van der Waals surface area contributed by atoms with E-state index in [0.29, 0.717) is 16.2 Å². The minimum atomic E-state index is -0.547. The van der Waals surface area contributed by atoms with Crippen LogP contribution in [-0.4, -0.2) is 13.7 Å². The topological polar surface area (TPSA) is 14.8 Å². The van der Waals surface area contributed by atoms with Crippen molar-refractivity contribution in [3.05, 3.63) is 162 Å². The second-order valence-electron chi connectivity index (χ2n) is 18.0. The van der Waals surface area contributed by atoms with Gasteiger partial charge in [0.1, 0.15) is 0 Å². The normalized spacial score (nSPS) is 16.7. The molecule has 0 aliphatic carbocycles. The molecule has 7 aromatic carbocycles. The lowest BCUT2D eigenvalue weighted by Gasteiger charge is -2.20. The second-order valence-corrected chi connectivity index (χ2v) is 18.0. The summed E-state index contributed by atoms with van der Waals surface area (Å²) < 4.78 is 146. The number of rotatable bonds is 3. The monoisotopic (exact) mass is 757 g/mol. The van der Waals surface area contributed by atoms with E-state index in [9.17, 15) is 12.3 Å². The highest BCUT2D eigenvalue weighted by Crippen LogP contribution is 2.41. The molecule has 0 bridgehead atoms. The zero-order valence-electron chi connectivity index (χ0n) is 48.5. The molecule has 3 heterocycles. The van der Waals surface area contributed by atoms with Crippen molar-refractivity contribution in [2.45, 2.75) is 78.6 Å². The van der Waals surface area contributed by atoms with Crippen molar-refractivity contribution in [3.63, 3.8) is 0 Å². The van der Waals surface area contributed by atoms with Gasteiger partial charge < -0.3 is 13.7 Å². The molecule has 0 saturated heterocycles. The quantitative estimate of drug-likeness (QED) is 0.171. The van der Waals surface area contributed by atoms with Gasteiger partial charge in [-0.15, -0.1) is 0 Å². The molecule has 0 N–H and O–H groups in total. The van der Waals surface area contributed by atoms with Crippen LogP contribution in [0.25, 0.3) is 82.5 Å². The number of aromatic nitrogens is 3. The van der Waals surface area contributed by atoms with E-state index in [-0.39, 0.29) is 103 Å². The van der Waals surface area contributed by atoms with E-state index in [0.717, 1.165) is 16.7 Å². The molecule has 0 radical (unpaired) electrons. The summed E-state index contributed by atoms with van der Waals surface area (Å²) >= 11 is 0. The minimum Gasteiger partial charge on any atom is -0.309 e. The second kappa shape index (κ2) is 12.2. The van der Waals surface area contributed by atoms with Crippen LogP contribution >= 0.6 is 0 Å². The number of nitrogens with zero attached hydrogens (tertiary/aromatic N) is 3. The van der Waals surface area contributed by atoms with Gasteiger partial charge in [0.25, 0.3) is 0 Å². The smallest absolute Gasteiger partial charge is 0.0667 e. The van der Waals surface area contributed by atoms with Gasteiger partial charge in [-0.05, 0) is 106 Å². The Bertz CT molecular complexity index is 3660. The Morgan fingerprint density at radius 1 is 0.333 bits per heavy atom. The third-order valence-corrected chi connectivity index (χ3v) is 11.1. The maximum Gasteiger partial charge on any atom is 0.0667 e. The molecule has 0 fully saturated rings. The van der Waals surface area contributed by atoms with Crippen LogP contribution in [0.4, 0.5) is 0 Å². The SMILES string of the molecule is [2H]c1cc2c3cc(C(C)(C)C)cc([2H])c3n(-c3c([2H])c(-n4c5c([2H])cc(C(C)(C)C)cc5c5cc([2H])c([2H])c([2H])c54)c([2H])c(-n4c5c([2H])cc(C(C)(C)C)cc5c5cc([2H])c([2H])c([2H])c54)c3[2H])c2c([2H])c1[2H]. The van der Waals surface area contributed by atoms with E-state index in [2.05, 4.69) is 0 Å². The highest BCUT2D eigenvalue weighted by Gasteiger charge is 2.23. The van der Waals surface area contributed by atoms with Gasteiger partial charge >= 0.3 is 0 Å². The molecule has 10 rings (SSSR count). The summed E-state index contributed by atoms with van der Waals surface area (Å²) in [6, 6.07) is 9.37. The van der Waals surface area contributed by atoms with Crippen LogP contribution in [0.2, 0.25) is 0 Å². The molecular weight excluding hydrogens is 691 g/mol. The maximum absolute atomic E-state index is 10.5. The molecule has 0 aliphatic rings. The molecule has 0 atom stereocenters. The predicted octanol–water partition coefficient (Wildman–Crippen LogP) is 14.9. The summed E-state index contributed by atoms with van der Waals surface area (Å²) in [6.45, 7) is 17.8. The molecule has 0 saturated carbocycles. The number of benzene rings is 7. The standard InChI is InChI=1S/C54H51N3/c1-52(2,3)34-22-25-49-43(28-34)40-16-10-13-19-46(40)55(49)37-31-38(56-47-20-14-11-17-41(47)44-29-35(53(4,5)6)23-26-50(44)56)33-39(32-37)57-48-21-15-12-18-42(48)45-30-36(54(7,8)9)24-27-51(45)57/h10-33H,1-9H3/i10D,11D,12D,13D,14D,15D,19D,20D,21D,25D,26D,27D,31D,32D,33D. The first-order chi connectivity index (χ1) is 33.4. The first kappa shape index (κ1) is 22.6. The number of para-hydroxylation sites is 3. The summed E-state index contributed by atoms with van der Waals surface area (Å²) in [5, 5.41) is 2.06. The van der Waals surface area contributed by atoms with Gasteiger partial charge in [-0.2, -0.15) is 0 Å². The average molecular weight is 757 g/mol. The van der Waals surface area contributed by atoms with E-state index < -0.39 is 70.6 Å². The molecule has 3 nitrogen and oxygen atoms in total. The van der Waals surface area contributed by atoms with E-state index in [1.165, 1.54) is 31.9 Å². The highest BCUT2D eigenvalue weighted by atomic mass is 15.0. The van der Waals surface area contributed by atoms with Crippen molar-refractivity contribution in [1.29, 1.82) is 0 Å². The molecule has 57 heavy (non-hydrogen) atoms. The molecular formula is C54H51N3. The Kier molecular flexibility index (Phi) is 4.85. The largest absolute Gasteiger partial charge is 0.309 e. The van der Waals surface area contributed by atoms with Crippen LogP contribution in [0.1, 0.15) is 99.6 Å². The number of fused-ring (bicyclic) bond motifs is 9. The van der Waals surface area contributed by atoms with Crippen molar-refractivity contribution in [2.75, 3.05) is 0 Å². The summed E-state index contributed by atoms with van der Waals surface area (Å²) in [6.07, 6.45) is 0. The Labute approximate surface area is 356 Å². The lowest BCUT2D eigenvalue weighted by atomic mass is 9.86. The Morgan fingerprint density at radius 2 is 0.596 bits per heavy atom. The Balaban J connectivity index is 1.54. The van der Waals surface area contributed by atoms with Crippen LogP contribution < -0.4 is 0 Å². The van der Waals surface area contributed by atoms with Crippen molar-refractivity contribution < 1.29 is 20.6 Å².